The molecular weight excluding hydrogens is 296 g/mol. The number of carbonyl (C=O) groups is 1. The zero-order valence-corrected chi connectivity index (χ0v) is 13.1. The number of nitrogens with two attached hydrogens (primary N) is 1. The number of carbonyl (C=O) groups excluding carboxylic acids is 1. The molecule has 0 fully saturated rings. The molecule has 0 bridgehead atoms. The van der Waals surface area contributed by atoms with Gasteiger partial charge >= 0.3 is 0 Å². The van der Waals surface area contributed by atoms with E-state index in [1.54, 1.807) is 14.2 Å². The van der Waals surface area contributed by atoms with Crippen LogP contribution in [0.3, 0.4) is 0 Å². The number of benzene rings is 1. The average molecular weight is 316 g/mol. The summed E-state index contributed by atoms with van der Waals surface area (Å²) in [6, 6.07) is 3.94. The first-order valence-corrected chi connectivity index (χ1v) is 7.81. The van der Waals surface area contributed by atoms with E-state index in [1.165, 1.54) is 30.2 Å². The number of ether oxygens (including phenoxy) is 2. The van der Waals surface area contributed by atoms with Gasteiger partial charge in [-0.1, -0.05) is 0 Å². The smallest absolute Gasteiger partial charge is 0.257 e. The number of primary sulfonamides is 1. The molecule has 1 aromatic carbocycles. The molecule has 0 aliphatic heterocycles. The van der Waals surface area contributed by atoms with Gasteiger partial charge in [0.2, 0.25) is 10.0 Å². The van der Waals surface area contributed by atoms with E-state index in [9.17, 15) is 13.2 Å². The van der Waals surface area contributed by atoms with E-state index >= 15 is 0 Å². The third-order valence-electron chi connectivity index (χ3n) is 2.92. The van der Waals surface area contributed by atoms with E-state index in [0.29, 0.717) is 25.3 Å². The fourth-order valence-electron chi connectivity index (χ4n) is 1.78. The van der Waals surface area contributed by atoms with Crippen molar-refractivity contribution in [3.63, 3.8) is 0 Å². The second kappa shape index (κ2) is 7.39. The lowest BCUT2D eigenvalue weighted by atomic mass is 10.1. The third-order valence-corrected chi connectivity index (χ3v) is 3.83. The second-order valence-electron chi connectivity index (χ2n) is 4.48. The lowest BCUT2D eigenvalue weighted by Crippen LogP contribution is -2.29. The van der Waals surface area contributed by atoms with Gasteiger partial charge in [-0.15, -0.1) is 0 Å². The zero-order chi connectivity index (χ0) is 16.0. The van der Waals surface area contributed by atoms with E-state index in [0.717, 1.165) is 0 Å². The minimum Gasteiger partial charge on any atom is -0.496 e. The molecule has 1 aromatic rings. The van der Waals surface area contributed by atoms with Crippen LogP contribution in [0.25, 0.3) is 0 Å². The summed E-state index contributed by atoms with van der Waals surface area (Å²) in [5.41, 5.74) is 0.156. The van der Waals surface area contributed by atoms with E-state index in [1.807, 2.05) is 0 Å². The van der Waals surface area contributed by atoms with Gasteiger partial charge in [0.1, 0.15) is 5.75 Å². The molecule has 0 radical (unpaired) electrons. The molecule has 0 aromatic heterocycles. The largest absolute Gasteiger partial charge is 0.496 e. The van der Waals surface area contributed by atoms with Crippen molar-refractivity contribution in [2.45, 2.75) is 11.3 Å². The average Bonchev–Trinajstić information content (AvgIpc) is 2.44. The highest BCUT2D eigenvalue weighted by Gasteiger charge is 2.19. The molecule has 0 saturated heterocycles. The Morgan fingerprint density at radius 1 is 1.33 bits per heavy atom. The molecule has 0 aliphatic rings. The van der Waals surface area contributed by atoms with Crippen LogP contribution in [0.4, 0.5) is 0 Å². The summed E-state index contributed by atoms with van der Waals surface area (Å²) in [5.74, 6) is -0.0422. The van der Waals surface area contributed by atoms with Crippen molar-refractivity contribution in [3.05, 3.63) is 23.8 Å². The van der Waals surface area contributed by atoms with Crippen LogP contribution in [0, 0.1) is 0 Å². The van der Waals surface area contributed by atoms with Crippen LogP contribution in [0.1, 0.15) is 16.8 Å². The van der Waals surface area contributed by atoms with Gasteiger partial charge in [0.05, 0.1) is 17.6 Å². The first-order chi connectivity index (χ1) is 9.81. The summed E-state index contributed by atoms with van der Waals surface area (Å²) in [6.45, 7) is 1.02. The van der Waals surface area contributed by atoms with E-state index in [4.69, 9.17) is 14.6 Å². The van der Waals surface area contributed by atoms with Crippen molar-refractivity contribution in [2.24, 2.45) is 5.14 Å². The number of nitrogens with zero attached hydrogens (tertiary/aromatic N) is 1. The number of amides is 1. The van der Waals surface area contributed by atoms with Crippen molar-refractivity contribution < 1.29 is 22.7 Å². The van der Waals surface area contributed by atoms with E-state index < -0.39 is 10.0 Å². The molecule has 7 nitrogen and oxygen atoms in total. The van der Waals surface area contributed by atoms with Gasteiger partial charge in [-0.2, -0.15) is 0 Å². The molecule has 0 unspecified atom stereocenters. The Morgan fingerprint density at radius 3 is 2.52 bits per heavy atom. The molecule has 0 atom stereocenters. The Labute approximate surface area is 124 Å². The van der Waals surface area contributed by atoms with Gasteiger partial charge in [0, 0.05) is 27.3 Å². The summed E-state index contributed by atoms with van der Waals surface area (Å²) in [5, 5.41) is 5.08. The number of hydrogen-bond donors (Lipinski definition) is 1. The molecule has 0 heterocycles. The molecule has 0 saturated carbocycles. The predicted molar refractivity (Wildman–Crippen MR) is 77.8 cm³/mol. The van der Waals surface area contributed by atoms with Crippen LogP contribution in [0.5, 0.6) is 5.75 Å². The highest BCUT2D eigenvalue weighted by Crippen LogP contribution is 2.23. The standard InChI is InChI=1S/C13H20N2O5S/c1-15(7-4-8-19-2)13(16)11-9-10(21(14,17)18)5-6-12(11)20-3/h5-6,9H,4,7-8H2,1-3H3,(H2,14,17,18). The summed E-state index contributed by atoms with van der Waals surface area (Å²) in [7, 11) is 0.743. The van der Waals surface area contributed by atoms with Crippen LogP contribution < -0.4 is 9.88 Å². The second-order valence-corrected chi connectivity index (χ2v) is 6.04. The Bertz CT molecular complexity index is 601. The minimum absolute atomic E-state index is 0.128. The molecule has 118 valence electrons. The van der Waals surface area contributed by atoms with Gasteiger partial charge in [-0.25, -0.2) is 13.6 Å². The molecule has 1 rings (SSSR count). The van der Waals surface area contributed by atoms with Gasteiger partial charge < -0.3 is 14.4 Å². The van der Waals surface area contributed by atoms with Crippen molar-refractivity contribution in [1.29, 1.82) is 0 Å². The van der Waals surface area contributed by atoms with Gasteiger partial charge in [0.25, 0.3) is 5.91 Å². The first kappa shape index (κ1) is 17.4. The molecule has 21 heavy (non-hydrogen) atoms. The third kappa shape index (κ3) is 4.69. The number of rotatable bonds is 7. The zero-order valence-electron chi connectivity index (χ0n) is 12.3. The normalized spacial score (nSPS) is 11.2. The topological polar surface area (TPSA) is 98.9 Å². The Balaban J connectivity index is 3.06. The van der Waals surface area contributed by atoms with Gasteiger partial charge in [0.15, 0.2) is 0 Å². The van der Waals surface area contributed by atoms with E-state index in [2.05, 4.69) is 0 Å². The molecular formula is C13H20N2O5S. The monoisotopic (exact) mass is 316 g/mol. The van der Waals surface area contributed by atoms with Crippen LogP contribution >= 0.6 is 0 Å². The highest BCUT2D eigenvalue weighted by molar-refractivity contribution is 7.89. The number of sulfonamides is 1. The fraction of sp³-hybridized carbons (Fsp3) is 0.462. The molecule has 2 N–H and O–H groups in total. The summed E-state index contributed by atoms with van der Waals surface area (Å²) < 4.78 is 32.8. The lowest BCUT2D eigenvalue weighted by molar-refractivity contribution is 0.0775. The summed E-state index contributed by atoms with van der Waals surface area (Å²) >= 11 is 0. The predicted octanol–water partition coefficient (Wildman–Crippen LogP) is 0.451. The number of hydrogen-bond acceptors (Lipinski definition) is 5. The maximum Gasteiger partial charge on any atom is 0.257 e. The molecule has 1 amide bonds. The Hall–Kier alpha value is -1.64. The maximum absolute atomic E-state index is 12.4. The van der Waals surface area contributed by atoms with Crippen molar-refractivity contribution in [2.75, 3.05) is 34.4 Å². The van der Waals surface area contributed by atoms with Crippen molar-refractivity contribution >= 4 is 15.9 Å². The van der Waals surface area contributed by atoms with Crippen molar-refractivity contribution in [3.8, 4) is 5.75 Å². The maximum atomic E-state index is 12.4. The SMILES string of the molecule is COCCCN(C)C(=O)c1cc(S(N)(=O)=O)ccc1OC. The number of methoxy groups -OCH3 is 2. The van der Waals surface area contributed by atoms with Crippen LogP contribution in [-0.2, 0) is 14.8 Å². The minimum atomic E-state index is -3.88. The highest BCUT2D eigenvalue weighted by atomic mass is 32.2. The summed E-state index contributed by atoms with van der Waals surface area (Å²) in [6.07, 6.45) is 0.677. The van der Waals surface area contributed by atoms with Gasteiger partial charge in [-0.3, -0.25) is 4.79 Å². The summed E-state index contributed by atoms with van der Waals surface area (Å²) in [4.78, 5) is 13.7. The van der Waals surface area contributed by atoms with Crippen molar-refractivity contribution in [1.82, 2.24) is 4.90 Å². The quantitative estimate of drug-likeness (QED) is 0.736. The van der Waals surface area contributed by atoms with Crippen LogP contribution in [0.15, 0.2) is 23.1 Å². The Morgan fingerprint density at radius 2 is 2.00 bits per heavy atom. The molecule has 0 spiro atoms. The molecule has 8 heteroatoms. The van der Waals surface area contributed by atoms with Crippen LogP contribution in [0.2, 0.25) is 0 Å². The van der Waals surface area contributed by atoms with Crippen LogP contribution in [-0.4, -0.2) is 53.6 Å². The lowest BCUT2D eigenvalue weighted by Gasteiger charge is -2.19. The Kier molecular flexibility index (Phi) is 6.13. The van der Waals surface area contributed by atoms with Gasteiger partial charge in [-0.05, 0) is 24.6 Å². The first-order valence-electron chi connectivity index (χ1n) is 6.26. The fourth-order valence-corrected chi connectivity index (χ4v) is 2.32. The van der Waals surface area contributed by atoms with E-state index in [-0.39, 0.29) is 16.4 Å². The molecule has 0 aliphatic carbocycles.